The van der Waals surface area contributed by atoms with E-state index in [0.717, 1.165) is 6.42 Å². The van der Waals surface area contributed by atoms with E-state index < -0.39 is 0 Å². The molecule has 0 saturated carbocycles. The lowest BCUT2D eigenvalue weighted by molar-refractivity contribution is 0.0980. The van der Waals surface area contributed by atoms with Gasteiger partial charge in [0.05, 0.1) is 11.8 Å². The van der Waals surface area contributed by atoms with Crippen LogP contribution in [0.4, 0.5) is 0 Å². The molecule has 0 saturated heterocycles. The number of hydrogen-bond donors (Lipinski definition) is 1. The lowest BCUT2D eigenvalue weighted by Gasteiger charge is -1.93. The maximum absolute atomic E-state index is 11.1. The Bertz CT molecular complexity index is 216. The van der Waals surface area contributed by atoms with E-state index in [-0.39, 0.29) is 5.78 Å². The molecule has 1 heterocycles. The highest BCUT2D eigenvalue weighted by Crippen LogP contribution is 2.04. The summed E-state index contributed by atoms with van der Waals surface area (Å²) in [6, 6.07) is 1.67. The van der Waals surface area contributed by atoms with Crippen LogP contribution in [0.3, 0.4) is 0 Å². The van der Waals surface area contributed by atoms with E-state index in [1.54, 1.807) is 6.07 Å². The van der Waals surface area contributed by atoms with Crippen molar-refractivity contribution in [1.82, 2.24) is 0 Å². The van der Waals surface area contributed by atoms with E-state index in [2.05, 4.69) is 0 Å². The van der Waals surface area contributed by atoms with E-state index >= 15 is 0 Å². The van der Waals surface area contributed by atoms with Gasteiger partial charge in [-0.05, 0) is 19.0 Å². The topological polar surface area (TPSA) is 56.2 Å². The molecule has 0 unspecified atom stereocenters. The van der Waals surface area contributed by atoms with Gasteiger partial charge in [-0.1, -0.05) is 0 Å². The summed E-state index contributed by atoms with van der Waals surface area (Å²) in [6.45, 7) is 0.559. The van der Waals surface area contributed by atoms with Crippen molar-refractivity contribution in [3.05, 3.63) is 24.2 Å². The summed E-state index contributed by atoms with van der Waals surface area (Å²) < 4.78 is 4.76. The molecule has 3 heteroatoms. The fourth-order valence-electron chi connectivity index (χ4n) is 0.830. The Morgan fingerprint density at radius 2 is 2.45 bits per heavy atom. The van der Waals surface area contributed by atoms with Crippen molar-refractivity contribution < 1.29 is 9.21 Å². The molecule has 11 heavy (non-hydrogen) atoms. The first kappa shape index (κ1) is 8.01. The van der Waals surface area contributed by atoms with Gasteiger partial charge in [0.15, 0.2) is 5.78 Å². The Hall–Kier alpha value is -1.09. The fourth-order valence-corrected chi connectivity index (χ4v) is 0.830. The summed E-state index contributed by atoms with van der Waals surface area (Å²) >= 11 is 0. The molecule has 3 nitrogen and oxygen atoms in total. The maximum Gasteiger partial charge on any atom is 0.166 e. The first-order valence-corrected chi connectivity index (χ1v) is 3.60. The Balaban J connectivity index is 2.43. The van der Waals surface area contributed by atoms with Crippen LogP contribution in [0, 0.1) is 0 Å². The number of furan rings is 1. The van der Waals surface area contributed by atoms with Gasteiger partial charge in [-0.2, -0.15) is 0 Å². The number of carbonyl (C=O) groups is 1. The minimum absolute atomic E-state index is 0.101. The molecule has 0 amide bonds. The van der Waals surface area contributed by atoms with E-state index in [0.29, 0.717) is 18.5 Å². The minimum atomic E-state index is 0.101. The zero-order chi connectivity index (χ0) is 8.10. The van der Waals surface area contributed by atoms with Crippen LogP contribution in [0.1, 0.15) is 23.2 Å². The molecular weight excluding hydrogens is 142 g/mol. The van der Waals surface area contributed by atoms with Crippen molar-refractivity contribution in [2.75, 3.05) is 6.54 Å². The van der Waals surface area contributed by atoms with Gasteiger partial charge in [0, 0.05) is 6.42 Å². The second-order valence-electron chi connectivity index (χ2n) is 2.33. The van der Waals surface area contributed by atoms with Crippen LogP contribution >= 0.6 is 0 Å². The molecule has 0 radical (unpaired) electrons. The number of carbonyl (C=O) groups excluding carboxylic acids is 1. The second kappa shape index (κ2) is 3.93. The standard InChI is InChI=1S/C8H11NO2/c9-4-1-2-8(10)7-3-5-11-6-7/h3,5-6H,1-2,4,9H2. The largest absolute Gasteiger partial charge is 0.472 e. The summed E-state index contributed by atoms with van der Waals surface area (Å²) in [5, 5.41) is 0. The van der Waals surface area contributed by atoms with Crippen LogP contribution in [0.15, 0.2) is 23.0 Å². The van der Waals surface area contributed by atoms with Crippen molar-refractivity contribution in [3.8, 4) is 0 Å². The molecule has 2 N–H and O–H groups in total. The predicted octanol–water partition coefficient (Wildman–Crippen LogP) is 1.20. The van der Waals surface area contributed by atoms with Gasteiger partial charge in [-0.25, -0.2) is 0 Å². The molecular formula is C8H11NO2. The SMILES string of the molecule is NCCCC(=O)c1ccoc1. The van der Waals surface area contributed by atoms with Crippen LogP contribution in [-0.2, 0) is 0 Å². The molecule has 1 aromatic rings. The summed E-state index contributed by atoms with van der Waals surface area (Å²) in [5.41, 5.74) is 5.89. The maximum atomic E-state index is 11.1. The third-order valence-corrected chi connectivity index (χ3v) is 1.45. The fraction of sp³-hybridized carbons (Fsp3) is 0.375. The van der Waals surface area contributed by atoms with Crippen LogP contribution < -0.4 is 5.73 Å². The quantitative estimate of drug-likeness (QED) is 0.661. The van der Waals surface area contributed by atoms with Crippen molar-refractivity contribution in [2.45, 2.75) is 12.8 Å². The number of rotatable bonds is 4. The van der Waals surface area contributed by atoms with Crippen LogP contribution in [0.5, 0.6) is 0 Å². The molecule has 1 aromatic heterocycles. The Labute approximate surface area is 65.2 Å². The summed E-state index contributed by atoms with van der Waals surface area (Å²) in [7, 11) is 0. The van der Waals surface area contributed by atoms with E-state index in [4.69, 9.17) is 10.2 Å². The van der Waals surface area contributed by atoms with Crippen molar-refractivity contribution >= 4 is 5.78 Å². The zero-order valence-corrected chi connectivity index (χ0v) is 6.25. The van der Waals surface area contributed by atoms with Crippen LogP contribution in [0.2, 0.25) is 0 Å². The highest BCUT2D eigenvalue weighted by molar-refractivity contribution is 5.95. The average Bonchev–Trinajstić information content (AvgIpc) is 2.52. The Morgan fingerprint density at radius 3 is 3.00 bits per heavy atom. The Morgan fingerprint density at radius 1 is 1.64 bits per heavy atom. The number of hydrogen-bond acceptors (Lipinski definition) is 3. The van der Waals surface area contributed by atoms with Gasteiger partial charge in [-0.3, -0.25) is 4.79 Å². The van der Waals surface area contributed by atoms with Crippen molar-refractivity contribution in [2.24, 2.45) is 5.73 Å². The van der Waals surface area contributed by atoms with Gasteiger partial charge in [0.2, 0.25) is 0 Å². The number of Topliss-reactive ketones (excluding diaryl/α,β-unsaturated/α-hetero) is 1. The smallest absolute Gasteiger partial charge is 0.166 e. The molecule has 0 aliphatic rings. The number of ketones is 1. The van der Waals surface area contributed by atoms with Crippen LogP contribution in [0.25, 0.3) is 0 Å². The first-order valence-electron chi connectivity index (χ1n) is 3.60. The molecule has 0 atom stereocenters. The van der Waals surface area contributed by atoms with Gasteiger partial charge >= 0.3 is 0 Å². The predicted molar refractivity (Wildman–Crippen MR) is 41.3 cm³/mol. The van der Waals surface area contributed by atoms with Gasteiger partial charge < -0.3 is 10.2 Å². The van der Waals surface area contributed by atoms with Gasteiger partial charge in [0.1, 0.15) is 6.26 Å². The van der Waals surface area contributed by atoms with E-state index in [9.17, 15) is 4.79 Å². The highest BCUT2D eigenvalue weighted by Gasteiger charge is 2.04. The molecule has 0 aliphatic heterocycles. The minimum Gasteiger partial charge on any atom is -0.472 e. The van der Waals surface area contributed by atoms with E-state index in [1.807, 2.05) is 0 Å². The summed E-state index contributed by atoms with van der Waals surface area (Å²) in [5.74, 6) is 0.101. The van der Waals surface area contributed by atoms with Crippen molar-refractivity contribution in [1.29, 1.82) is 0 Å². The van der Waals surface area contributed by atoms with Gasteiger partial charge in [0.25, 0.3) is 0 Å². The zero-order valence-electron chi connectivity index (χ0n) is 6.25. The van der Waals surface area contributed by atoms with E-state index in [1.165, 1.54) is 12.5 Å². The first-order chi connectivity index (χ1) is 5.34. The summed E-state index contributed by atoms with van der Waals surface area (Å²) in [4.78, 5) is 11.1. The molecule has 60 valence electrons. The third-order valence-electron chi connectivity index (χ3n) is 1.45. The van der Waals surface area contributed by atoms with Crippen LogP contribution in [-0.4, -0.2) is 12.3 Å². The molecule has 0 aromatic carbocycles. The normalized spacial score (nSPS) is 9.91. The monoisotopic (exact) mass is 153 g/mol. The Kier molecular flexibility index (Phi) is 2.86. The second-order valence-corrected chi connectivity index (χ2v) is 2.33. The number of nitrogens with two attached hydrogens (primary N) is 1. The average molecular weight is 153 g/mol. The third kappa shape index (κ3) is 2.20. The molecule has 1 rings (SSSR count). The van der Waals surface area contributed by atoms with Gasteiger partial charge in [-0.15, -0.1) is 0 Å². The van der Waals surface area contributed by atoms with Crippen molar-refractivity contribution in [3.63, 3.8) is 0 Å². The lowest BCUT2D eigenvalue weighted by Crippen LogP contribution is -2.03. The molecule has 0 bridgehead atoms. The lowest BCUT2D eigenvalue weighted by atomic mass is 10.1. The highest BCUT2D eigenvalue weighted by atomic mass is 16.3. The molecule has 0 fully saturated rings. The molecule has 0 spiro atoms. The molecule has 0 aliphatic carbocycles. The summed E-state index contributed by atoms with van der Waals surface area (Å²) in [6.07, 6.45) is 4.20.